The maximum absolute atomic E-state index is 12.1. The predicted octanol–water partition coefficient (Wildman–Crippen LogP) is 2.08. The van der Waals surface area contributed by atoms with E-state index in [1.54, 1.807) is 12.1 Å². The standard InChI is InChI=1S/C15H21F3N2O2/c16-15(17,18)10-22-12-5-3-11(4-6-12)14(21)13(19)9-20-7-1-2-8-20/h3-6,13-14,21H,1-2,7-10,19H2/t13-,14?/m1/s1. The lowest BCUT2D eigenvalue weighted by atomic mass is 10.0. The van der Waals surface area contributed by atoms with E-state index in [9.17, 15) is 18.3 Å². The molecule has 0 amide bonds. The van der Waals surface area contributed by atoms with Gasteiger partial charge in [-0.1, -0.05) is 12.1 Å². The Kier molecular flexibility index (Phi) is 5.66. The molecule has 22 heavy (non-hydrogen) atoms. The highest BCUT2D eigenvalue weighted by Gasteiger charge is 2.28. The highest BCUT2D eigenvalue weighted by atomic mass is 19.4. The molecule has 0 spiro atoms. The largest absolute Gasteiger partial charge is 0.484 e. The van der Waals surface area contributed by atoms with Crippen molar-refractivity contribution in [3.63, 3.8) is 0 Å². The summed E-state index contributed by atoms with van der Waals surface area (Å²) < 4.78 is 40.8. The lowest BCUT2D eigenvalue weighted by molar-refractivity contribution is -0.153. The van der Waals surface area contributed by atoms with Gasteiger partial charge in [-0.05, 0) is 43.6 Å². The van der Waals surface area contributed by atoms with Gasteiger partial charge in [0.15, 0.2) is 6.61 Å². The summed E-state index contributed by atoms with van der Waals surface area (Å²) in [5.41, 5.74) is 6.59. The van der Waals surface area contributed by atoms with Gasteiger partial charge in [-0.25, -0.2) is 0 Å². The molecule has 0 aliphatic carbocycles. The Bertz CT molecular complexity index is 459. The molecule has 1 aliphatic rings. The number of likely N-dealkylation sites (tertiary alicyclic amines) is 1. The number of aliphatic hydroxyl groups is 1. The molecule has 1 aliphatic heterocycles. The zero-order valence-corrected chi connectivity index (χ0v) is 12.2. The number of aliphatic hydroxyl groups excluding tert-OH is 1. The van der Waals surface area contributed by atoms with E-state index >= 15 is 0 Å². The summed E-state index contributed by atoms with van der Waals surface area (Å²) in [5.74, 6) is 0.112. The number of nitrogens with zero attached hydrogens (tertiary/aromatic N) is 1. The Balaban J connectivity index is 1.88. The van der Waals surface area contributed by atoms with Crippen LogP contribution in [0, 0.1) is 0 Å². The molecule has 1 saturated heterocycles. The lowest BCUT2D eigenvalue weighted by Crippen LogP contribution is -2.40. The molecule has 0 saturated carbocycles. The van der Waals surface area contributed by atoms with Crippen molar-refractivity contribution in [2.24, 2.45) is 5.73 Å². The zero-order chi connectivity index (χ0) is 16.2. The SMILES string of the molecule is N[C@H](CN1CCCC1)C(O)c1ccc(OCC(F)(F)F)cc1. The summed E-state index contributed by atoms with van der Waals surface area (Å²) in [7, 11) is 0. The molecule has 2 atom stereocenters. The van der Waals surface area contributed by atoms with E-state index in [4.69, 9.17) is 5.73 Å². The number of halogens is 3. The first-order valence-electron chi connectivity index (χ1n) is 7.31. The Morgan fingerprint density at radius 1 is 1.18 bits per heavy atom. The second kappa shape index (κ2) is 7.30. The van der Waals surface area contributed by atoms with Gasteiger partial charge in [-0.2, -0.15) is 13.2 Å². The van der Waals surface area contributed by atoms with Crippen molar-refractivity contribution < 1.29 is 23.0 Å². The Labute approximate surface area is 127 Å². The number of rotatable bonds is 6. The number of nitrogens with two attached hydrogens (primary N) is 1. The summed E-state index contributed by atoms with van der Waals surface area (Å²) in [5, 5.41) is 10.2. The molecule has 1 unspecified atom stereocenters. The average molecular weight is 318 g/mol. The molecule has 3 N–H and O–H groups in total. The molecule has 0 radical (unpaired) electrons. The minimum atomic E-state index is -4.36. The average Bonchev–Trinajstić information content (AvgIpc) is 2.97. The quantitative estimate of drug-likeness (QED) is 0.843. The Hall–Kier alpha value is -1.31. The number of alkyl halides is 3. The third kappa shape index (κ3) is 5.15. The van der Waals surface area contributed by atoms with Gasteiger partial charge in [0.05, 0.1) is 6.10 Å². The van der Waals surface area contributed by atoms with Crippen LogP contribution in [0.1, 0.15) is 24.5 Å². The molecule has 1 aromatic carbocycles. The summed E-state index contributed by atoms with van der Waals surface area (Å²) in [6.45, 7) is 1.26. The molecule has 2 rings (SSSR count). The maximum Gasteiger partial charge on any atom is 0.422 e. The van der Waals surface area contributed by atoms with Gasteiger partial charge in [0.25, 0.3) is 0 Å². The van der Waals surface area contributed by atoms with Crippen LogP contribution < -0.4 is 10.5 Å². The minimum Gasteiger partial charge on any atom is -0.484 e. The lowest BCUT2D eigenvalue weighted by Gasteiger charge is -2.24. The summed E-state index contributed by atoms with van der Waals surface area (Å²) in [6.07, 6.45) is -2.92. The summed E-state index contributed by atoms with van der Waals surface area (Å²) in [4.78, 5) is 2.20. The van der Waals surface area contributed by atoms with Gasteiger partial charge < -0.3 is 20.5 Å². The molecular weight excluding hydrogens is 297 g/mol. The van der Waals surface area contributed by atoms with Crippen LogP contribution in [0.4, 0.5) is 13.2 Å². The number of hydrogen-bond donors (Lipinski definition) is 2. The molecular formula is C15H21F3N2O2. The maximum atomic E-state index is 12.1. The molecule has 4 nitrogen and oxygen atoms in total. The normalized spacial score (nSPS) is 19.1. The first kappa shape index (κ1) is 17.1. The van der Waals surface area contributed by atoms with E-state index in [0.29, 0.717) is 12.1 Å². The molecule has 0 aromatic heterocycles. The van der Waals surface area contributed by atoms with E-state index in [1.807, 2.05) is 0 Å². The predicted molar refractivity (Wildman–Crippen MR) is 76.6 cm³/mol. The fraction of sp³-hybridized carbons (Fsp3) is 0.600. The van der Waals surface area contributed by atoms with E-state index in [1.165, 1.54) is 12.1 Å². The van der Waals surface area contributed by atoms with Crippen molar-refractivity contribution in [3.05, 3.63) is 29.8 Å². The minimum absolute atomic E-state index is 0.112. The van der Waals surface area contributed by atoms with Crippen LogP contribution in [0.25, 0.3) is 0 Å². The number of hydrogen-bond acceptors (Lipinski definition) is 4. The monoisotopic (exact) mass is 318 g/mol. The van der Waals surface area contributed by atoms with Gasteiger partial charge in [0, 0.05) is 12.6 Å². The van der Waals surface area contributed by atoms with Crippen LogP contribution in [0.3, 0.4) is 0 Å². The van der Waals surface area contributed by atoms with Crippen LogP contribution in [0.2, 0.25) is 0 Å². The van der Waals surface area contributed by atoms with Crippen molar-refractivity contribution in [2.45, 2.75) is 31.2 Å². The third-order valence-corrected chi connectivity index (χ3v) is 3.70. The van der Waals surface area contributed by atoms with Crippen molar-refractivity contribution in [1.29, 1.82) is 0 Å². The zero-order valence-electron chi connectivity index (χ0n) is 12.2. The first-order chi connectivity index (χ1) is 10.3. The van der Waals surface area contributed by atoms with Crippen LogP contribution in [0.5, 0.6) is 5.75 Å². The van der Waals surface area contributed by atoms with E-state index in [-0.39, 0.29) is 5.75 Å². The van der Waals surface area contributed by atoms with Crippen LogP contribution in [0.15, 0.2) is 24.3 Å². The second-order valence-corrected chi connectivity index (χ2v) is 5.59. The molecule has 124 valence electrons. The van der Waals surface area contributed by atoms with Gasteiger partial charge in [-0.3, -0.25) is 0 Å². The van der Waals surface area contributed by atoms with Crippen LogP contribution in [-0.2, 0) is 0 Å². The molecule has 1 aromatic rings. The van der Waals surface area contributed by atoms with Crippen molar-refractivity contribution in [1.82, 2.24) is 4.90 Å². The van der Waals surface area contributed by atoms with Crippen molar-refractivity contribution in [2.75, 3.05) is 26.2 Å². The van der Waals surface area contributed by atoms with Crippen LogP contribution in [-0.4, -0.2) is 48.5 Å². The van der Waals surface area contributed by atoms with E-state index < -0.39 is 24.9 Å². The fourth-order valence-electron chi connectivity index (χ4n) is 2.54. The topological polar surface area (TPSA) is 58.7 Å². The van der Waals surface area contributed by atoms with E-state index in [0.717, 1.165) is 25.9 Å². The molecule has 1 fully saturated rings. The van der Waals surface area contributed by atoms with Crippen molar-refractivity contribution in [3.8, 4) is 5.75 Å². The number of ether oxygens (including phenoxy) is 1. The molecule has 7 heteroatoms. The van der Waals surface area contributed by atoms with Gasteiger partial charge in [0.2, 0.25) is 0 Å². The van der Waals surface area contributed by atoms with Crippen molar-refractivity contribution >= 4 is 0 Å². The smallest absolute Gasteiger partial charge is 0.422 e. The third-order valence-electron chi connectivity index (χ3n) is 3.70. The summed E-state index contributed by atoms with van der Waals surface area (Å²) >= 11 is 0. The van der Waals surface area contributed by atoms with Gasteiger partial charge in [0.1, 0.15) is 5.75 Å². The fourth-order valence-corrected chi connectivity index (χ4v) is 2.54. The molecule has 1 heterocycles. The number of benzene rings is 1. The molecule has 0 bridgehead atoms. The van der Waals surface area contributed by atoms with Gasteiger partial charge in [-0.15, -0.1) is 0 Å². The van der Waals surface area contributed by atoms with Gasteiger partial charge >= 0.3 is 6.18 Å². The Morgan fingerprint density at radius 3 is 2.32 bits per heavy atom. The Morgan fingerprint density at radius 2 is 1.77 bits per heavy atom. The highest BCUT2D eigenvalue weighted by molar-refractivity contribution is 5.29. The summed E-state index contributed by atoms with van der Waals surface area (Å²) in [6, 6.07) is 5.47. The first-order valence-corrected chi connectivity index (χ1v) is 7.31. The van der Waals surface area contributed by atoms with E-state index in [2.05, 4.69) is 9.64 Å². The van der Waals surface area contributed by atoms with Crippen LogP contribution >= 0.6 is 0 Å². The second-order valence-electron chi connectivity index (χ2n) is 5.59. The highest BCUT2D eigenvalue weighted by Crippen LogP contribution is 2.23.